The summed E-state index contributed by atoms with van der Waals surface area (Å²) in [6.07, 6.45) is 5.73. The minimum atomic E-state index is 0.368. The van der Waals surface area contributed by atoms with E-state index in [9.17, 15) is 0 Å². The summed E-state index contributed by atoms with van der Waals surface area (Å²) in [5.74, 6) is 1.50. The van der Waals surface area contributed by atoms with Crippen LogP contribution in [0.15, 0.2) is 18.2 Å². The molecule has 0 radical (unpaired) electrons. The summed E-state index contributed by atoms with van der Waals surface area (Å²) in [5.41, 5.74) is 8.75. The molecule has 0 saturated carbocycles. The fourth-order valence-electron chi connectivity index (χ4n) is 2.47. The second-order valence-corrected chi connectivity index (χ2v) is 5.67. The predicted molar refractivity (Wildman–Crippen MR) is 82.9 cm³/mol. The van der Waals surface area contributed by atoms with E-state index in [1.807, 2.05) is 0 Å². The lowest BCUT2D eigenvalue weighted by Gasteiger charge is -2.14. The molecule has 0 aliphatic rings. The van der Waals surface area contributed by atoms with E-state index in [0.717, 1.165) is 25.0 Å². The Bertz CT molecular complexity index is 374. The first-order chi connectivity index (χ1) is 9.08. The number of rotatable bonds is 8. The molecule has 1 rings (SSSR count). The van der Waals surface area contributed by atoms with Gasteiger partial charge in [0.25, 0.3) is 0 Å². The van der Waals surface area contributed by atoms with E-state index in [0.29, 0.717) is 12.0 Å². The van der Waals surface area contributed by atoms with Crippen LogP contribution in [0.2, 0.25) is 0 Å². The maximum absolute atomic E-state index is 6.05. The summed E-state index contributed by atoms with van der Waals surface area (Å²) in [7, 11) is 1.74. The van der Waals surface area contributed by atoms with E-state index < -0.39 is 0 Å². The first-order valence-electron chi connectivity index (χ1n) is 7.50. The second kappa shape index (κ2) is 8.21. The largest absolute Gasteiger partial charge is 0.496 e. The second-order valence-electron chi connectivity index (χ2n) is 5.67. The van der Waals surface area contributed by atoms with E-state index in [1.165, 1.54) is 24.0 Å². The molecule has 0 aliphatic carbocycles. The Labute approximate surface area is 118 Å². The van der Waals surface area contributed by atoms with Crippen molar-refractivity contribution >= 4 is 0 Å². The van der Waals surface area contributed by atoms with Gasteiger partial charge >= 0.3 is 0 Å². The predicted octanol–water partition coefficient (Wildman–Crippen LogP) is 4.27. The van der Waals surface area contributed by atoms with Crippen LogP contribution in [0.5, 0.6) is 5.75 Å². The summed E-state index contributed by atoms with van der Waals surface area (Å²) < 4.78 is 5.42. The van der Waals surface area contributed by atoms with Crippen molar-refractivity contribution in [1.29, 1.82) is 0 Å². The molecule has 0 fully saturated rings. The van der Waals surface area contributed by atoms with E-state index >= 15 is 0 Å². The minimum Gasteiger partial charge on any atom is -0.496 e. The summed E-state index contributed by atoms with van der Waals surface area (Å²) in [5, 5.41) is 0. The van der Waals surface area contributed by atoms with Gasteiger partial charge in [-0.15, -0.1) is 0 Å². The van der Waals surface area contributed by atoms with Gasteiger partial charge in [0.15, 0.2) is 0 Å². The molecule has 2 heteroatoms. The molecule has 2 N–H and O–H groups in total. The fraction of sp³-hybridized carbons (Fsp3) is 0.647. The van der Waals surface area contributed by atoms with Crippen LogP contribution in [0.3, 0.4) is 0 Å². The van der Waals surface area contributed by atoms with Crippen molar-refractivity contribution in [3.8, 4) is 5.75 Å². The average Bonchev–Trinajstić information content (AvgIpc) is 2.38. The normalized spacial score (nSPS) is 12.7. The van der Waals surface area contributed by atoms with Crippen LogP contribution >= 0.6 is 0 Å². The summed E-state index contributed by atoms with van der Waals surface area (Å²) in [6.45, 7) is 6.61. The minimum absolute atomic E-state index is 0.368. The van der Waals surface area contributed by atoms with Gasteiger partial charge in [-0.2, -0.15) is 0 Å². The van der Waals surface area contributed by atoms with E-state index in [4.69, 9.17) is 10.5 Å². The number of benzene rings is 1. The van der Waals surface area contributed by atoms with Gasteiger partial charge < -0.3 is 10.5 Å². The van der Waals surface area contributed by atoms with Crippen LogP contribution in [0, 0.1) is 0 Å². The summed E-state index contributed by atoms with van der Waals surface area (Å²) >= 11 is 0. The summed E-state index contributed by atoms with van der Waals surface area (Å²) in [4.78, 5) is 0. The lowest BCUT2D eigenvalue weighted by molar-refractivity contribution is 0.407. The van der Waals surface area contributed by atoms with Crippen LogP contribution in [0.4, 0.5) is 0 Å². The van der Waals surface area contributed by atoms with Crippen LogP contribution in [0.25, 0.3) is 0 Å². The van der Waals surface area contributed by atoms with Gasteiger partial charge in [-0.05, 0) is 48.8 Å². The first-order valence-corrected chi connectivity index (χ1v) is 7.50. The molecule has 108 valence electrons. The van der Waals surface area contributed by atoms with Crippen molar-refractivity contribution in [2.24, 2.45) is 5.73 Å². The molecule has 2 nitrogen and oxygen atoms in total. The highest BCUT2D eigenvalue weighted by molar-refractivity contribution is 5.39. The molecule has 0 saturated heterocycles. The zero-order chi connectivity index (χ0) is 14.3. The Balaban J connectivity index is 2.57. The topological polar surface area (TPSA) is 35.2 Å². The Morgan fingerprint density at radius 2 is 1.95 bits per heavy atom. The van der Waals surface area contributed by atoms with Crippen LogP contribution in [-0.2, 0) is 6.42 Å². The molecule has 0 aromatic heterocycles. The number of ether oxygens (including phenoxy) is 1. The smallest absolute Gasteiger partial charge is 0.122 e. The van der Waals surface area contributed by atoms with Gasteiger partial charge in [0.05, 0.1) is 7.11 Å². The van der Waals surface area contributed by atoms with Crippen LogP contribution < -0.4 is 10.5 Å². The maximum Gasteiger partial charge on any atom is 0.122 e. The molecular formula is C17H29NO. The molecule has 19 heavy (non-hydrogen) atoms. The quantitative estimate of drug-likeness (QED) is 0.760. The number of hydrogen-bond acceptors (Lipinski definition) is 2. The molecular weight excluding hydrogens is 234 g/mol. The van der Waals surface area contributed by atoms with E-state index in [1.54, 1.807) is 7.11 Å². The van der Waals surface area contributed by atoms with Gasteiger partial charge in [0.2, 0.25) is 0 Å². The van der Waals surface area contributed by atoms with Gasteiger partial charge in [-0.1, -0.05) is 39.3 Å². The Morgan fingerprint density at radius 3 is 2.53 bits per heavy atom. The zero-order valence-corrected chi connectivity index (χ0v) is 12.9. The van der Waals surface area contributed by atoms with Crippen molar-refractivity contribution < 1.29 is 4.74 Å². The monoisotopic (exact) mass is 263 g/mol. The van der Waals surface area contributed by atoms with Crippen LogP contribution in [0.1, 0.15) is 63.5 Å². The first kappa shape index (κ1) is 16.0. The maximum atomic E-state index is 6.05. The van der Waals surface area contributed by atoms with E-state index in [-0.39, 0.29) is 0 Å². The van der Waals surface area contributed by atoms with Crippen molar-refractivity contribution in [3.05, 3.63) is 29.3 Å². The van der Waals surface area contributed by atoms with Crippen molar-refractivity contribution in [2.45, 2.75) is 64.8 Å². The Hall–Kier alpha value is -1.02. The Kier molecular flexibility index (Phi) is 6.93. The molecule has 1 aromatic rings. The molecule has 1 unspecified atom stereocenters. The highest BCUT2D eigenvalue weighted by Crippen LogP contribution is 2.27. The lowest BCUT2D eigenvalue weighted by Crippen LogP contribution is -2.19. The van der Waals surface area contributed by atoms with Crippen molar-refractivity contribution in [1.82, 2.24) is 0 Å². The average molecular weight is 263 g/mol. The third-order valence-corrected chi connectivity index (χ3v) is 3.62. The third-order valence-electron chi connectivity index (χ3n) is 3.62. The molecule has 1 atom stereocenters. The standard InChI is InChI=1S/C17H29NO/c1-5-7-15(18)9-6-8-14-10-11-17(19-4)16(12-14)13(2)3/h10-13,15H,5-9,18H2,1-4H3. The van der Waals surface area contributed by atoms with Gasteiger partial charge in [0, 0.05) is 6.04 Å². The SMILES string of the molecule is CCCC(N)CCCc1ccc(OC)c(C(C)C)c1. The molecule has 0 amide bonds. The van der Waals surface area contributed by atoms with Crippen LogP contribution in [-0.4, -0.2) is 13.2 Å². The van der Waals surface area contributed by atoms with E-state index in [2.05, 4.69) is 39.0 Å². The third kappa shape index (κ3) is 5.23. The Morgan fingerprint density at radius 1 is 1.21 bits per heavy atom. The molecule has 0 spiro atoms. The highest BCUT2D eigenvalue weighted by Gasteiger charge is 2.08. The fourth-order valence-corrected chi connectivity index (χ4v) is 2.47. The number of nitrogens with two attached hydrogens (primary N) is 1. The zero-order valence-electron chi connectivity index (χ0n) is 12.9. The highest BCUT2D eigenvalue weighted by atomic mass is 16.5. The molecule has 0 bridgehead atoms. The van der Waals surface area contributed by atoms with Crippen molar-refractivity contribution in [3.63, 3.8) is 0 Å². The number of methoxy groups -OCH3 is 1. The molecule has 1 aromatic carbocycles. The lowest BCUT2D eigenvalue weighted by atomic mass is 9.96. The van der Waals surface area contributed by atoms with Gasteiger partial charge in [0.1, 0.15) is 5.75 Å². The number of aryl methyl sites for hydroxylation is 1. The van der Waals surface area contributed by atoms with Crippen molar-refractivity contribution in [2.75, 3.05) is 7.11 Å². The van der Waals surface area contributed by atoms with Gasteiger partial charge in [-0.3, -0.25) is 0 Å². The molecule has 0 heterocycles. The molecule has 0 aliphatic heterocycles. The summed E-state index contributed by atoms with van der Waals surface area (Å²) in [6, 6.07) is 6.93. The number of hydrogen-bond donors (Lipinski definition) is 1. The van der Waals surface area contributed by atoms with Gasteiger partial charge in [-0.25, -0.2) is 0 Å².